The molecule has 3 nitrogen and oxygen atoms in total. The fourth-order valence-corrected chi connectivity index (χ4v) is 3.02. The second kappa shape index (κ2) is 7.78. The second-order valence-electron chi connectivity index (χ2n) is 5.47. The molecule has 1 aromatic carbocycles. The summed E-state index contributed by atoms with van der Waals surface area (Å²) in [5.74, 6) is 0.860. The van der Waals surface area contributed by atoms with Gasteiger partial charge < -0.3 is 15.2 Å². The Kier molecular flexibility index (Phi) is 6.98. The van der Waals surface area contributed by atoms with E-state index in [0.717, 1.165) is 27.8 Å². The Bertz CT molecular complexity index is 424. The van der Waals surface area contributed by atoms with Gasteiger partial charge in [0.25, 0.3) is 0 Å². The minimum Gasteiger partial charge on any atom is -0.488 e. The molecule has 0 aliphatic heterocycles. The van der Waals surface area contributed by atoms with Crippen LogP contribution in [0.15, 0.2) is 21.1 Å². The first-order valence-corrected chi connectivity index (χ1v) is 8.40. The number of hydrogen-bond acceptors (Lipinski definition) is 3. The molecule has 0 amide bonds. The van der Waals surface area contributed by atoms with Gasteiger partial charge in [0, 0.05) is 6.54 Å². The van der Waals surface area contributed by atoms with Crippen molar-refractivity contribution in [1.29, 1.82) is 0 Å². The lowest BCUT2D eigenvalue weighted by atomic mass is 9.94. The summed E-state index contributed by atoms with van der Waals surface area (Å²) < 4.78 is 7.57. The summed E-state index contributed by atoms with van der Waals surface area (Å²) in [6, 6.07) is 4.07. The van der Waals surface area contributed by atoms with Crippen LogP contribution in [-0.2, 0) is 6.54 Å². The van der Waals surface area contributed by atoms with Gasteiger partial charge in [-0.05, 0) is 68.9 Å². The van der Waals surface area contributed by atoms with Gasteiger partial charge in [-0.25, -0.2) is 0 Å². The van der Waals surface area contributed by atoms with Crippen LogP contribution in [0.25, 0.3) is 0 Å². The maximum atomic E-state index is 10.2. The molecule has 0 fully saturated rings. The molecule has 0 saturated carbocycles. The second-order valence-corrected chi connectivity index (χ2v) is 7.18. The smallest absolute Gasteiger partial charge is 0.147 e. The van der Waals surface area contributed by atoms with Crippen molar-refractivity contribution in [3.63, 3.8) is 0 Å². The van der Waals surface area contributed by atoms with Crippen LogP contribution in [-0.4, -0.2) is 23.9 Å². The van der Waals surface area contributed by atoms with E-state index in [1.807, 2.05) is 26.0 Å². The third-order valence-electron chi connectivity index (χ3n) is 3.39. The molecule has 20 heavy (non-hydrogen) atoms. The van der Waals surface area contributed by atoms with Crippen molar-refractivity contribution in [1.82, 2.24) is 5.32 Å². The first-order chi connectivity index (χ1) is 9.27. The molecule has 0 heterocycles. The lowest BCUT2D eigenvalue weighted by molar-refractivity contribution is -0.0270. The van der Waals surface area contributed by atoms with Crippen LogP contribution in [0.1, 0.15) is 33.3 Å². The molecular weight excluding hydrogens is 386 g/mol. The van der Waals surface area contributed by atoms with Crippen LogP contribution in [0.4, 0.5) is 0 Å². The van der Waals surface area contributed by atoms with E-state index in [4.69, 9.17) is 4.74 Å². The zero-order valence-electron chi connectivity index (χ0n) is 12.5. The third-order valence-corrected chi connectivity index (χ3v) is 4.57. The van der Waals surface area contributed by atoms with E-state index in [0.29, 0.717) is 0 Å². The maximum absolute atomic E-state index is 10.2. The first kappa shape index (κ1) is 18.0. The first-order valence-electron chi connectivity index (χ1n) is 6.81. The Morgan fingerprint density at radius 3 is 2.30 bits per heavy atom. The summed E-state index contributed by atoms with van der Waals surface area (Å²) in [6.45, 7) is 9.84. The van der Waals surface area contributed by atoms with Crippen LogP contribution in [0.3, 0.4) is 0 Å². The van der Waals surface area contributed by atoms with Gasteiger partial charge in [-0.3, -0.25) is 0 Å². The van der Waals surface area contributed by atoms with Gasteiger partial charge >= 0.3 is 0 Å². The van der Waals surface area contributed by atoms with Gasteiger partial charge in [0.15, 0.2) is 0 Å². The Labute approximate surface area is 138 Å². The van der Waals surface area contributed by atoms with Gasteiger partial charge in [0.2, 0.25) is 0 Å². The average molecular weight is 409 g/mol. The monoisotopic (exact) mass is 407 g/mol. The number of hydrogen-bond donors (Lipinski definition) is 2. The molecule has 0 aliphatic carbocycles. The lowest BCUT2D eigenvalue weighted by Crippen LogP contribution is -2.37. The Balaban J connectivity index is 2.81. The number of benzene rings is 1. The predicted octanol–water partition coefficient (Wildman–Crippen LogP) is 4.11. The summed E-state index contributed by atoms with van der Waals surface area (Å²) >= 11 is 7.06. The molecule has 0 spiro atoms. The molecule has 0 aliphatic rings. The van der Waals surface area contributed by atoms with E-state index in [9.17, 15) is 5.11 Å². The third kappa shape index (κ3) is 5.02. The standard InChI is InChI=1S/C15H23Br2NO2/c1-5-18-8-11-6-12(16)14(13(17)7-11)20-9-15(4,19)10(2)3/h6-7,10,18-19H,5,8-9H2,1-4H3. The Hall–Kier alpha value is -0.100. The Morgan fingerprint density at radius 1 is 1.30 bits per heavy atom. The zero-order valence-corrected chi connectivity index (χ0v) is 15.6. The van der Waals surface area contributed by atoms with Crippen molar-refractivity contribution in [3.8, 4) is 5.75 Å². The van der Waals surface area contributed by atoms with Gasteiger partial charge in [0.1, 0.15) is 12.4 Å². The highest BCUT2D eigenvalue weighted by Crippen LogP contribution is 2.35. The summed E-state index contributed by atoms with van der Waals surface area (Å²) in [5, 5.41) is 13.5. The fraction of sp³-hybridized carbons (Fsp3) is 0.600. The predicted molar refractivity (Wildman–Crippen MR) is 90.2 cm³/mol. The molecule has 0 radical (unpaired) electrons. The van der Waals surface area contributed by atoms with E-state index in [1.165, 1.54) is 5.56 Å². The van der Waals surface area contributed by atoms with Crippen molar-refractivity contribution in [2.75, 3.05) is 13.2 Å². The van der Waals surface area contributed by atoms with E-state index in [1.54, 1.807) is 6.92 Å². The van der Waals surface area contributed by atoms with Gasteiger partial charge in [-0.1, -0.05) is 20.8 Å². The summed E-state index contributed by atoms with van der Waals surface area (Å²) in [6.07, 6.45) is 0. The van der Waals surface area contributed by atoms with Crippen molar-refractivity contribution < 1.29 is 9.84 Å². The van der Waals surface area contributed by atoms with Crippen LogP contribution in [0.2, 0.25) is 0 Å². The molecular formula is C15H23Br2NO2. The van der Waals surface area contributed by atoms with E-state index >= 15 is 0 Å². The van der Waals surface area contributed by atoms with Crippen LogP contribution >= 0.6 is 31.9 Å². The van der Waals surface area contributed by atoms with Crippen molar-refractivity contribution in [2.45, 2.75) is 39.8 Å². The minimum absolute atomic E-state index is 0.132. The molecule has 114 valence electrons. The van der Waals surface area contributed by atoms with Crippen LogP contribution in [0.5, 0.6) is 5.75 Å². The van der Waals surface area contributed by atoms with Crippen LogP contribution in [0, 0.1) is 5.92 Å². The summed E-state index contributed by atoms with van der Waals surface area (Å²) in [7, 11) is 0. The lowest BCUT2D eigenvalue weighted by Gasteiger charge is -2.28. The van der Waals surface area contributed by atoms with E-state index in [-0.39, 0.29) is 12.5 Å². The Morgan fingerprint density at radius 2 is 1.85 bits per heavy atom. The highest BCUT2D eigenvalue weighted by Gasteiger charge is 2.26. The molecule has 1 atom stereocenters. The largest absolute Gasteiger partial charge is 0.488 e. The van der Waals surface area contributed by atoms with Crippen LogP contribution < -0.4 is 10.1 Å². The maximum Gasteiger partial charge on any atom is 0.147 e. The highest BCUT2D eigenvalue weighted by atomic mass is 79.9. The minimum atomic E-state index is -0.846. The fourth-order valence-electron chi connectivity index (χ4n) is 1.51. The van der Waals surface area contributed by atoms with Gasteiger partial charge in [-0.2, -0.15) is 0 Å². The molecule has 1 aromatic rings. The number of halogens is 2. The molecule has 0 aromatic heterocycles. The van der Waals surface area contributed by atoms with Crippen molar-refractivity contribution >= 4 is 31.9 Å². The van der Waals surface area contributed by atoms with Gasteiger partial charge in [0.05, 0.1) is 14.5 Å². The molecule has 2 N–H and O–H groups in total. The quantitative estimate of drug-likeness (QED) is 0.713. The summed E-state index contributed by atoms with van der Waals surface area (Å²) in [4.78, 5) is 0. The van der Waals surface area contributed by atoms with Crippen molar-refractivity contribution in [2.24, 2.45) is 5.92 Å². The number of rotatable bonds is 7. The zero-order chi connectivity index (χ0) is 15.3. The van der Waals surface area contributed by atoms with E-state index in [2.05, 4.69) is 44.1 Å². The number of nitrogens with one attached hydrogen (secondary N) is 1. The van der Waals surface area contributed by atoms with Gasteiger partial charge in [-0.15, -0.1) is 0 Å². The topological polar surface area (TPSA) is 41.5 Å². The SMILES string of the molecule is CCNCc1cc(Br)c(OCC(C)(O)C(C)C)c(Br)c1. The normalized spacial score (nSPS) is 14.4. The number of aliphatic hydroxyl groups is 1. The molecule has 1 rings (SSSR count). The number of ether oxygens (including phenoxy) is 1. The molecule has 5 heteroatoms. The average Bonchev–Trinajstić information content (AvgIpc) is 2.35. The summed E-state index contributed by atoms with van der Waals surface area (Å²) in [5.41, 5.74) is 0.329. The molecule has 0 saturated heterocycles. The van der Waals surface area contributed by atoms with E-state index < -0.39 is 5.60 Å². The molecule has 1 unspecified atom stereocenters. The van der Waals surface area contributed by atoms with Crippen molar-refractivity contribution in [3.05, 3.63) is 26.6 Å². The highest BCUT2D eigenvalue weighted by molar-refractivity contribution is 9.11. The molecule has 0 bridgehead atoms.